The second-order valence-electron chi connectivity index (χ2n) is 4.29. The number of hydrogen-bond acceptors (Lipinski definition) is 5. The summed E-state index contributed by atoms with van der Waals surface area (Å²) in [5, 5.41) is 3.25. The van der Waals surface area contributed by atoms with Crippen LogP contribution in [0.2, 0.25) is 0 Å². The summed E-state index contributed by atoms with van der Waals surface area (Å²) < 4.78 is 12.9. The Balaban J connectivity index is 2.18. The number of rotatable bonds is 4. The van der Waals surface area contributed by atoms with Gasteiger partial charge in [0.25, 0.3) is 0 Å². The van der Waals surface area contributed by atoms with Crippen molar-refractivity contribution in [3.05, 3.63) is 47.4 Å². The fraction of sp³-hybridized carbons (Fsp3) is 0.231. The molecule has 1 atom stereocenters. The molecule has 0 aliphatic rings. The van der Waals surface area contributed by atoms with Gasteiger partial charge in [0.2, 0.25) is 5.95 Å². The smallest absolute Gasteiger partial charge is 0.239 e. The molecule has 0 bridgehead atoms. The van der Waals surface area contributed by atoms with Gasteiger partial charge in [-0.3, -0.25) is 5.43 Å². The Morgan fingerprint density at radius 2 is 1.95 bits per heavy atom. The van der Waals surface area contributed by atoms with Crippen molar-refractivity contribution in [2.24, 2.45) is 5.84 Å². The molecule has 2 rings (SSSR count). The van der Waals surface area contributed by atoms with Crippen molar-refractivity contribution in [2.75, 3.05) is 10.7 Å². The number of benzene rings is 1. The first kappa shape index (κ1) is 13.2. The van der Waals surface area contributed by atoms with Gasteiger partial charge in [0, 0.05) is 17.8 Å². The van der Waals surface area contributed by atoms with E-state index in [-0.39, 0.29) is 11.9 Å². The lowest BCUT2D eigenvalue weighted by Crippen LogP contribution is -2.14. The zero-order valence-corrected chi connectivity index (χ0v) is 10.8. The number of nitrogens with one attached hydrogen (secondary N) is 2. The molecule has 0 spiro atoms. The molecular weight excluding hydrogens is 245 g/mol. The maximum atomic E-state index is 12.9. The molecule has 0 aliphatic heterocycles. The number of hydrazine groups is 1. The highest BCUT2D eigenvalue weighted by Gasteiger charge is 2.09. The van der Waals surface area contributed by atoms with Crippen LogP contribution in [0.1, 0.15) is 24.1 Å². The SMILES string of the molecule is Cc1cnc(NN)nc1NC(C)c1ccc(F)cc1. The quantitative estimate of drug-likeness (QED) is 0.582. The van der Waals surface area contributed by atoms with Crippen molar-refractivity contribution in [3.8, 4) is 0 Å². The lowest BCUT2D eigenvalue weighted by Gasteiger charge is -2.16. The van der Waals surface area contributed by atoms with Crippen molar-refractivity contribution in [1.29, 1.82) is 0 Å². The van der Waals surface area contributed by atoms with Crippen LogP contribution in [0.25, 0.3) is 0 Å². The molecule has 1 unspecified atom stereocenters. The number of nitrogen functional groups attached to an aromatic ring is 1. The Kier molecular flexibility index (Phi) is 3.91. The molecule has 19 heavy (non-hydrogen) atoms. The van der Waals surface area contributed by atoms with Crippen LogP contribution in [-0.4, -0.2) is 9.97 Å². The van der Waals surface area contributed by atoms with Gasteiger partial charge in [0.15, 0.2) is 0 Å². The Morgan fingerprint density at radius 1 is 1.26 bits per heavy atom. The van der Waals surface area contributed by atoms with E-state index in [4.69, 9.17) is 5.84 Å². The van der Waals surface area contributed by atoms with E-state index in [0.29, 0.717) is 11.8 Å². The molecule has 4 N–H and O–H groups in total. The monoisotopic (exact) mass is 261 g/mol. The molecule has 1 aromatic heterocycles. The molecule has 0 saturated carbocycles. The maximum absolute atomic E-state index is 12.9. The Hall–Kier alpha value is -2.21. The zero-order chi connectivity index (χ0) is 13.8. The van der Waals surface area contributed by atoms with Gasteiger partial charge in [-0.1, -0.05) is 12.1 Å². The van der Waals surface area contributed by atoms with Gasteiger partial charge < -0.3 is 5.32 Å². The van der Waals surface area contributed by atoms with Crippen molar-refractivity contribution < 1.29 is 4.39 Å². The summed E-state index contributed by atoms with van der Waals surface area (Å²) in [4.78, 5) is 8.25. The predicted molar refractivity (Wildman–Crippen MR) is 73.0 cm³/mol. The normalized spacial score (nSPS) is 12.0. The summed E-state index contributed by atoms with van der Waals surface area (Å²) in [5.74, 6) is 6.08. The van der Waals surface area contributed by atoms with Gasteiger partial charge in [-0.15, -0.1) is 0 Å². The third-order valence-electron chi connectivity index (χ3n) is 2.82. The van der Waals surface area contributed by atoms with E-state index in [1.165, 1.54) is 12.1 Å². The number of halogens is 1. The van der Waals surface area contributed by atoms with Gasteiger partial charge in [0.05, 0.1) is 0 Å². The Morgan fingerprint density at radius 3 is 2.58 bits per heavy atom. The fourth-order valence-corrected chi connectivity index (χ4v) is 1.70. The number of hydrogen-bond donors (Lipinski definition) is 3. The molecule has 2 aromatic rings. The molecule has 0 fully saturated rings. The number of aryl methyl sites for hydroxylation is 1. The molecular formula is C13H16FN5. The number of anilines is 2. The van der Waals surface area contributed by atoms with Gasteiger partial charge >= 0.3 is 0 Å². The van der Waals surface area contributed by atoms with Crippen LogP contribution in [-0.2, 0) is 0 Å². The molecule has 5 nitrogen and oxygen atoms in total. The second-order valence-corrected chi connectivity index (χ2v) is 4.29. The summed E-state index contributed by atoms with van der Waals surface area (Å²) in [7, 11) is 0. The summed E-state index contributed by atoms with van der Waals surface area (Å²) in [6.45, 7) is 3.88. The largest absolute Gasteiger partial charge is 0.363 e. The first-order valence-electron chi connectivity index (χ1n) is 5.92. The van der Waals surface area contributed by atoms with E-state index in [1.54, 1.807) is 18.3 Å². The lowest BCUT2D eigenvalue weighted by molar-refractivity contribution is 0.626. The van der Waals surface area contributed by atoms with Gasteiger partial charge in [-0.05, 0) is 31.5 Å². The summed E-state index contributed by atoms with van der Waals surface area (Å²) in [5.41, 5.74) is 4.29. The minimum Gasteiger partial charge on any atom is -0.363 e. The Bertz CT molecular complexity index is 555. The van der Waals surface area contributed by atoms with Crippen LogP contribution in [0.4, 0.5) is 16.2 Å². The molecule has 0 aliphatic carbocycles. The molecule has 1 aromatic carbocycles. The van der Waals surface area contributed by atoms with Crippen LogP contribution >= 0.6 is 0 Å². The lowest BCUT2D eigenvalue weighted by atomic mass is 10.1. The standard InChI is InChI=1S/C13H16FN5/c1-8-7-16-13(19-15)18-12(8)17-9(2)10-3-5-11(14)6-4-10/h3-7,9H,15H2,1-2H3,(H2,16,17,18,19). The fourth-order valence-electron chi connectivity index (χ4n) is 1.70. The number of aromatic nitrogens is 2. The summed E-state index contributed by atoms with van der Waals surface area (Å²) >= 11 is 0. The van der Waals surface area contributed by atoms with E-state index in [0.717, 1.165) is 11.1 Å². The van der Waals surface area contributed by atoms with E-state index in [1.807, 2.05) is 13.8 Å². The van der Waals surface area contributed by atoms with E-state index in [2.05, 4.69) is 20.7 Å². The van der Waals surface area contributed by atoms with Crippen molar-refractivity contribution in [2.45, 2.75) is 19.9 Å². The van der Waals surface area contributed by atoms with Crippen molar-refractivity contribution in [1.82, 2.24) is 9.97 Å². The van der Waals surface area contributed by atoms with Crippen molar-refractivity contribution >= 4 is 11.8 Å². The topological polar surface area (TPSA) is 75.9 Å². The molecule has 0 amide bonds. The highest BCUT2D eigenvalue weighted by molar-refractivity contribution is 5.47. The average Bonchev–Trinajstić information content (AvgIpc) is 2.42. The molecule has 0 radical (unpaired) electrons. The summed E-state index contributed by atoms with van der Waals surface area (Å²) in [6, 6.07) is 6.36. The first-order valence-corrected chi connectivity index (χ1v) is 5.92. The third-order valence-corrected chi connectivity index (χ3v) is 2.82. The minimum atomic E-state index is -0.246. The van der Waals surface area contributed by atoms with Gasteiger partial charge in [-0.25, -0.2) is 15.2 Å². The number of nitrogens with two attached hydrogens (primary N) is 1. The summed E-state index contributed by atoms with van der Waals surface area (Å²) in [6.07, 6.45) is 1.68. The van der Waals surface area contributed by atoms with Crippen molar-refractivity contribution in [3.63, 3.8) is 0 Å². The van der Waals surface area contributed by atoms with Crippen LogP contribution in [0.5, 0.6) is 0 Å². The molecule has 1 heterocycles. The highest BCUT2D eigenvalue weighted by atomic mass is 19.1. The maximum Gasteiger partial charge on any atom is 0.239 e. The van der Waals surface area contributed by atoms with Crippen LogP contribution < -0.4 is 16.6 Å². The minimum absolute atomic E-state index is 0.000163. The molecule has 100 valence electrons. The first-order chi connectivity index (χ1) is 9.10. The predicted octanol–water partition coefficient (Wildman–Crippen LogP) is 2.38. The Labute approximate surface area is 111 Å². The average molecular weight is 261 g/mol. The third kappa shape index (κ3) is 3.17. The number of nitrogens with zero attached hydrogens (tertiary/aromatic N) is 2. The molecule has 6 heteroatoms. The second kappa shape index (κ2) is 5.62. The van der Waals surface area contributed by atoms with E-state index >= 15 is 0 Å². The zero-order valence-electron chi connectivity index (χ0n) is 10.8. The van der Waals surface area contributed by atoms with E-state index < -0.39 is 0 Å². The van der Waals surface area contributed by atoms with Crippen LogP contribution in [0, 0.1) is 12.7 Å². The molecule has 0 saturated heterocycles. The van der Waals surface area contributed by atoms with Crippen LogP contribution in [0.3, 0.4) is 0 Å². The van der Waals surface area contributed by atoms with Gasteiger partial charge in [0.1, 0.15) is 11.6 Å². The van der Waals surface area contributed by atoms with Gasteiger partial charge in [-0.2, -0.15) is 4.98 Å². The van der Waals surface area contributed by atoms with Crippen LogP contribution in [0.15, 0.2) is 30.5 Å². The highest BCUT2D eigenvalue weighted by Crippen LogP contribution is 2.20. The van der Waals surface area contributed by atoms with E-state index in [9.17, 15) is 4.39 Å².